The summed E-state index contributed by atoms with van der Waals surface area (Å²) in [5.74, 6) is -0.785. The van der Waals surface area contributed by atoms with Gasteiger partial charge in [0.05, 0.1) is 13.4 Å². The Balaban J connectivity index is 2.20. The number of nitrogens with zero attached hydrogens (tertiary/aromatic N) is 3. The minimum Gasteiger partial charge on any atom is -0.467 e. The first-order chi connectivity index (χ1) is 12.6. The van der Waals surface area contributed by atoms with E-state index in [4.69, 9.17) is 9.47 Å². The second kappa shape index (κ2) is 8.41. The summed E-state index contributed by atoms with van der Waals surface area (Å²) in [5, 5.41) is 2.65. The first kappa shape index (κ1) is 20.7. The van der Waals surface area contributed by atoms with Crippen LogP contribution in [-0.2, 0) is 32.5 Å². The number of nitrogens with one attached hydrogen (secondary N) is 1. The van der Waals surface area contributed by atoms with Gasteiger partial charge in [0.1, 0.15) is 17.7 Å². The molecule has 1 aliphatic rings. The van der Waals surface area contributed by atoms with Crippen LogP contribution < -0.4 is 5.32 Å². The van der Waals surface area contributed by atoms with Crippen molar-refractivity contribution < 1.29 is 23.9 Å². The molecule has 0 bridgehead atoms. The number of ether oxygens (including phenoxy) is 2. The Morgan fingerprint density at radius 2 is 2.07 bits per heavy atom. The van der Waals surface area contributed by atoms with Gasteiger partial charge in [0.2, 0.25) is 5.91 Å². The Kier molecular flexibility index (Phi) is 6.45. The van der Waals surface area contributed by atoms with Crippen molar-refractivity contribution >= 4 is 18.0 Å². The van der Waals surface area contributed by atoms with E-state index >= 15 is 0 Å². The number of alkyl carbamates (subject to hydrolysis) is 1. The van der Waals surface area contributed by atoms with E-state index in [0.29, 0.717) is 19.4 Å². The lowest BCUT2D eigenvalue weighted by Crippen LogP contribution is -2.53. The molecular formula is C18H28N4O5. The molecule has 1 fully saturated rings. The third-order valence-corrected chi connectivity index (χ3v) is 4.33. The number of methoxy groups -OCH3 is 1. The van der Waals surface area contributed by atoms with Gasteiger partial charge >= 0.3 is 12.1 Å². The van der Waals surface area contributed by atoms with E-state index in [0.717, 1.165) is 5.69 Å². The summed E-state index contributed by atoms with van der Waals surface area (Å²) < 4.78 is 11.9. The third kappa shape index (κ3) is 5.45. The van der Waals surface area contributed by atoms with Crippen molar-refractivity contribution in [1.29, 1.82) is 0 Å². The summed E-state index contributed by atoms with van der Waals surface area (Å²) in [6, 6.07) is -1.50. The van der Waals surface area contributed by atoms with Gasteiger partial charge in [0.25, 0.3) is 0 Å². The summed E-state index contributed by atoms with van der Waals surface area (Å²) in [7, 11) is 3.11. The van der Waals surface area contributed by atoms with Crippen molar-refractivity contribution in [2.24, 2.45) is 7.05 Å². The quantitative estimate of drug-likeness (QED) is 0.765. The lowest BCUT2D eigenvalue weighted by atomic mass is 10.1. The highest BCUT2D eigenvalue weighted by atomic mass is 16.6. The molecule has 2 rings (SSSR count). The van der Waals surface area contributed by atoms with Gasteiger partial charge in [-0.05, 0) is 33.6 Å². The van der Waals surface area contributed by atoms with Gasteiger partial charge in [-0.3, -0.25) is 4.79 Å². The van der Waals surface area contributed by atoms with Crippen LogP contribution in [0.15, 0.2) is 12.5 Å². The fraction of sp³-hybridized carbons (Fsp3) is 0.667. The lowest BCUT2D eigenvalue weighted by molar-refractivity contribution is -0.151. The van der Waals surface area contributed by atoms with E-state index < -0.39 is 29.7 Å². The van der Waals surface area contributed by atoms with Crippen LogP contribution in [0.25, 0.3) is 0 Å². The number of rotatable bonds is 5. The topological polar surface area (TPSA) is 103 Å². The molecule has 1 N–H and O–H groups in total. The maximum absolute atomic E-state index is 13.1. The Morgan fingerprint density at radius 3 is 2.63 bits per heavy atom. The molecule has 1 aromatic rings. The number of hydrogen-bond acceptors (Lipinski definition) is 6. The number of carbonyl (C=O) groups excluding carboxylic acids is 3. The predicted molar refractivity (Wildman–Crippen MR) is 96.8 cm³/mol. The van der Waals surface area contributed by atoms with Gasteiger partial charge in [-0.2, -0.15) is 0 Å². The molecule has 1 aliphatic heterocycles. The average Bonchev–Trinajstić information content (AvgIpc) is 3.20. The molecule has 0 aliphatic carbocycles. The number of hydrogen-bond donors (Lipinski definition) is 1. The Morgan fingerprint density at radius 1 is 1.37 bits per heavy atom. The maximum Gasteiger partial charge on any atom is 0.408 e. The van der Waals surface area contributed by atoms with Crippen LogP contribution >= 0.6 is 0 Å². The van der Waals surface area contributed by atoms with Crippen molar-refractivity contribution in [1.82, 2.24) is 19.8 Å². The van der Waals surface area contributed by atoms with Gasteiger partial charge < -0.3 is 24.3 Å². The van der Waals surface area contributed by atoms with Gasteiger partial charge in [-0.15, -0.1) is 0 Å². The molecule has 0 spiro atoms. The van der Waals surface area contributed by atoms with Crippen molar-refractivity contribution in [2.75, 3.05) is 13.7 Å². The van der Waals surface area contributed by atoms with Gasteiger partial charge in [0, 0.05) is 31.9 Å². The van der Waals surface area contributed by atoms with Crippen molar-refractivity contribution in [3.63, 3.8) is 0 Å². The van der Waals surface area contributed by atoms with Crippen molar-refractivity contribution in [3.05, 3.63) is 18.2 Å². The monoisotopic (exact) mass is 380 g/mol. The fourth-order valence-corrected chi connectivity index (χ4v) is 3.05. The van der Waals surface area contributed by atoms with Crippen LogP contribution in [0.5, 0.6) is 0 Å². The molecule has 27 heavy (non-hydrogen) atoms. The highest BCUT2D eigenvalue weighted by Gasteiger charge is 2.39. The van der Waals surface area contributed by atoms with Gasteiger partial charge in [-0.1, -0.05) is 0 Å². The molecule has 9 heteroatoms. The van der Waals surface area contributed by atoms with Crippen LogP contribution in [0.3, 0.4) is 0 Å². The first-order valence-electron chi connectivity index (χ1n) is 8.95. The Labute approximate surface area is 159 Å². The lowest BCUT2D eigenvalue weighted by Gasteiger charge is -2.29. The summed E-state index contributed by atoms with van der Waals surface area (Å²) in [4.78, 5) is 42.9. The SMILES string of the molecule is COC(=O)[C@H]1CCCN1C(=O)[C@H](Cc1cncn1C)NC(=O)OC(C)(C)C. The molecule has 2 amide bonds. The number of imidazole rings is 1. The second-order valence-corrected chi connectivity index (χ2v) is 7.61. The van der Waals surface area contributed by atoms with Crippen molar-refractivity contribution in [3.8, 4) is 0 Å². The zero-order valence-corrected chi connectivity index (χ0v) is 16.5. The molecule has 0 aromatic carbocycles. The standard InChI is InChI=1S/C18H28N4O5/c1-18(2,3)27-17(25)20-13(9-12-10-19-11-21(12)4)15(23)22-8-6-7-14(22)16(24)26-5/h10-11,13-14H,6-9H2,1-5H3,(H,20,25)/t13-,14+/m0/s1. The highest BCUT2D eigenvalue weighted by Crippen LogP contribution is 2.20. The zero-order chi connectivity index (χ0) is 20.2. The Hall–Kier alpha value is -2.58. The molecule has 1 saturated heterocycles. The van der Waals surface area contributed by atoms with Crippen molar-refractivity contribution in [2.45, 2.75) is 57.7 Å². The smallest absolute Gasteiger partial charge is 0.408 e. The summed E-state index contributed by atoms with van der Waals surface area (Å²) in [6.07, 6.45) is 4.06. The number of aryl methyl sites for hydroxylation is 1. The van der Waals surface area contributed by atoms with Gasteiger partial charge in [-0.25, -0.2) is 14.6 Å². The number of esters is 1. The maximum atomic E-state index is 13.1. The van der Waals surface area contributed by atoms with E-state index in [1.165, 1.54) is 12.0 Å². The minimum absolute atomic E-state index is 0.235. The summed E-state index contributed by atoms with van der Waals surface area (Å²) in [6.45, 7) is 5.69. The van der Waals surface area contributed by atoms with E-state index in [2.05, 4.69) is 10.3 Å². The second-order valence-electron chi connectivity index (χ2n) is 7.61. The van der Waals surface area contributed by atoms with Crippen LogP contribution in [-0.4, -0.2) is 63.8 Å². The average molecular weight is 380 g/mol. The summed E-state index contributed by atoms with van der Waals surface area (Å²) >= 11 is 0. The Bertz CT molecular complexity index is 694. The van der Waals surface area contributed by atoms with Crippen LogP contribution in [0.2, 0.25) is 0 Å². The first-order valence-corrected chi connectivity index (χ1v) is 8.95. The van der Waals surface area contributed by atoms with E-state index in [-0.39, 0.29) is 12.3 Å². The predicted octanol–water partition coefficient (Wildman–Crippen LogP) is 1.02. The highest BCUT2D eigenvalue weighted by molar-refractivity contribution is 5.90. The van der Waals surface area contributed by atoms with Crippen LogP contribution in [0, 0.1) is 0 Å². The summed E-state index contributed by atoms with van der Waals surface area (Å²) in [5.41, 5.74) is 0.0880. The normalized spacial score (nSPS) is 18.1. The molecule has 1 aromatic heterocycles. The molecular weight excluding hydrogens is 352 g/mol. The number of aromatic nitrogens is 2. The van der Waals surface area contributed by atoms with E-state index in [1.54, 1.807) is 37.9 Å². The van der Waals surface area contributed by atoms with E-state index in [1.807, 2.05) is 7.05 Å². The molecule has 0 unspecified atom stereocenters. The van der Waals surface area contributed by atoms with Crippen LogP contribution in [0.1, 0.15) is 39.3 Å². The van der Waals surface area contributed by atoms with Gasteiger partial charge in [0.15, 0.2) is 0 Å². The zero-order valence-electron chi connectivity index (χ0n) is 16.5. The number of amides is 2. The molecule has 9 nitrogen and oxygen atoms in total. The minimum atomic E-state index is -0.875. The largest absolute Gasteiger partial charge is 0.467 e. The third-order valence-electron chi connectivity index (χ3n) is 4.33. The fourth-order valence-electron chi connectivity index (χ4n) is 3.05. The number of likely N-dealkylation sites (tertiary alicyclic amines) is 1. The van der Waals surface area contributed by atoms with Crippen LogP contribution in [0.4, 0.5) is 4.79 Å². The molecule has 2 atom stereocenters. The van der Waals surface area contributed by atoms with E-state index in [9.17, 15) is 14.4 Å². The molecule has 2 heterocycles. The molecule has 0 radical (unpaired) electrons. The molecule has 0 saturated carbocycles. The molecule has 150 valence electrons. The number of carbonyl (C=O) groups is 3.